The van der Waals surface area contributed by atoms with Gasteiger partial charge in [0.25, 0.3) is 0 Å². The maximum absolute atomic E-state index is 16.7. The highest BCUT2D eigenvalue weighted by atomic mass is 19.1. The van der Waals surface area contributed by atoms with E-state index in [1.54, 1.807) is 0 Å². The van der Waals surface area contributed by atoms with Crippen molar-refractivity contribution in [3.8, 4) is 0 Å². The van der Waals surface area contributed by atoms with Crippen molar-refractivity contribution >= 4 is 0 Å². The van der Waals surface area contributed by atoms with E-state index < -0.39 is 28.2 Å². The van der Waals surface area contributed by atoms with Gasteiger partial charge in [-0.2, -0.15) is 0 Å². The van der Waals surface area contributed by atoms with Crippen LogP contribution in [0.5, 0.6) is 0 Å². The molecule has 4 fully saturated rings. The zero-order valence-electron chi connectivity index (χ0n) is 15.3. The molecule has 0 heterocycles. The fourth-order valence-corrected chi connectivity index (χ4v) is 7.46. The number of aliphatic hydroxyl groups excluding tert-OH is 2. The first-order valence-corrected chi connectivity index (χ1v) is 9.84. The molecular weight excluding hydrogens is 307 g/mol. The van der Waals surface area contributed by atoms with Crippen LogP contribution in [0.1, 0.15) is 72.1 Å². The Kier molecular flexibility index (Phi) is 3.56. The van der Waals surface area contributed by atoms with Crippen molar-refractivity contribution in [2.24, 2.45) is 28.6 Å². The van der Waals surface area contributed by atoms with Crippen molar-refractivity contribution in [3.05, 3.63) is 0 Å². The first-order chi connectivity index (χ1) is 11.1. The van der Waals surface area contributed by atoms with Gasteiger partial charge in [-0.1, -0.05) is 13.8 Å². The molecule has 0 amide bonds. The van der Waals surface area contributed by atoms with Gasteiger partial charge >= 0.3 is 0 Å². The Balaban J connectivity index is 1.76. The van der Waals surface area contributed by atoms with Crippen LogP contribution in [-0.4, -0.2) is 38.8 Å². The molecule has 3 nitrogen and oxygen atoms in total. The summed E-state index contributed by atoms with van der Waals surface area (Å²) in [5.74, 6) is 0.130. The number of rotatable bonds is 0. The van der Waals surface area contributed by atoms with E-state index in [1.165, 1.54) is 0 Å². The molecule has 4 aliphatic carbocycles. The van der Waals surface area contributed by atoms with Crippen LogP contribution in [0, 0.1) is 28.6 Å². The van der Waals surface area contributed by atoms with Gasteiger partial charge in [-0.25, -0.2) is 4.39 Å². The summed E-state index contributed by atoms with van der Waals surface area (Å²) < 4.78 is 16.7. The minimum atomic E-state index is -1.58. The first kappa shape index (κ1) is 17.2. The van der Waals surface area contributed by atoms with E-state index in [-0.39, 0.29) is 23.9 Å². The highest BCUT2D eigenvalue weighted by Gasteiger charge is 2.73. The van der Waals surface area contributed by atoms with Gasteiger partial charge in [-0.15, -0.1) is 0 Å². The van der Waals surface area contributed by atoms with E-state index in [4.69, 9.17) is 0 Å². The fourth-order valence-electron chi connectivity index (χ4n) is 7.46. The van der Waals surface area contributed by atoms with Gasteiger partial charge in [0, 0.05) is 10.8 Å². The van der Waals surface area contributed by atoms with Gasteiger partial charge in [0.1, 0.15) is 5.67 Å². The van der Waals surface area contributed by atoms with Crippen molar-refractivity contribution in [1.82, 2.24) is 0 Å². The molecule has 0 aromatic carbocycles. The summed E-state index contributed by atoms with van der Waals surface area (Å²) in [6, 6.07) is 0. The van der Waals surface area contributed by atoms with Crippen molar-refractivity contribution in [2.75, 3.05) is 0 Å². The predicted octanol–water partition coefficient (Wildman–Crippen LogP) is 3.20. The standard InChI is InChI=1S/C20H33FO3/c1-17-8-6-13(22)10-12(17)4-5-15-14-7-9-19(3,24)18(14,2)11-16(23)20(15,17)21/h12-16,22-24H,4-11H2,1-3H3/t12-,13+,14+,15+,16-,17+,18+,19-,20+/m1/s1. The van der Waals surface area contributed by atoms with Crippen molar-refractivity contribution < 1.29 is 19.7 Å². The van der Waals surface area contributed by atoms with Gasteiger partial charge in [0.15, 0.2) is 0 Å². The molecule has 0 unspecified atom stereocenters. The van der Waals surface area contributed by atoms with Crippen LogP contribution in [0.2, 0.25) is 0 Å². The molecule has 4 aliphatic rings. The molecule has 4 rings (SSSR count). The Morgan fingerprint density at radius 3 is 2.29 bits per heavy atom. The largest absolute Gasteiger partial charge is 0.393 e. The van der Waals surface area contributed by atoms with Crippen LogP contribution in [-0.2, 0) is 0 Å². The summed E-state index contributed by atoms with van der Waals surface area (Å²) >= 11 is 0. The quantitative estimate of drug-likeness (QED) is 0.635. The minimum absolute atomic E-state index is 0.144. The van der Waals surface area contributed by atoms with Gasteiger partial charge in [-0.3, -0.25) is 0 Å². The highest BCUT2D eigenvalue weighted by Crippen LogP contribution is 2.70. The lowest BCUT2D eigenvalue weighted by atomic mass is 9.42. The zero-order chi connectivity index (χ0) is 17.5. The average Bonchev–Trinajstić information content (AvgIpc) is 2.72. The lowest BCUT2D eigenvalue weighted by Crippen LogP contribution is -2.70. The normalized spacial score (nSPS) is 63.4. The molecule has 0 spiro atoms. The van der Waals surface area contributed by atoms with Crippen LogP contribution in [0.3, 0.4) is 0 Å². The summed E-state index contributed by atoms with van der Waals surface area (Å²) in [5, 5.41) is 32.0. The molecule has 0 aromatic heterocycles. The topological polar surface area (TPSA) is 60.7 Å². The summed E-state index contributed by atoms with van der Waals surface area (Å²) in [4.78, 5) is 0. The van der Waals surface area contributed by atoms with Crippen molar-refractivity contribution in [2.45, 2.75) is 95.6 Å². The smallest absolute Gasteiger partial charge is 0.145 e. The lowest BCUT2D eigenvalue weighted by Gasteiger charge is -2.65. The van der Waals surface area contributed by atoms with Gasteiger partial charge in [-0.05, 0) is 76.0 Å². The molecule has 0 aromatic rings. The average molecular weight is 340 g/mol. The van der Waals surface area contributed by atoms with Gasteiger partial charge < -0.3 is 15.3 Å². The molecule has 3 N–H and O–H groups in total. The number of hydrogen-bond acceptors (Lipinski definition) is 3. The number of halogens is 1. The molecule has 0 aliphatic heterocycles. The molecule has 0 radical (unpaired) electrons. The summed E-state index contributed by atoms with van der Waals surface area (Å²) in [6.45, 7) is 5.95. The molecule has 0 saturated heterocycles. The third-order valence-electron chi connectivity index (χ3n) is 9.27. The monoisotopic (exact) mass is 340 g/mol. The fraction of sp³-hybridized carbons (Fsp3) is 1.00. The number of hydrogen-bond donors (Lipinski definition) is 3. The third kappa shape index (κ3) is 1.83. The SMILES string of the molecule is C[C@]12CC[C@H](O)C[C@H]1CC[C@H]1[C@@H]3CC[C@@](C)(O)[C@@]3(C)C[C@@H](O)[C@@]12F. The molecular formula is C20H33FO3. The van der Waals surface area contributed by atoms with Gasteiger partial charge in [0.05, 0.1) is 17.8 Å². The molecule has 4 heteroatoms. The van der Waals surface area contributed by atoms with Crippen LogP contribution in [0.15, 0.2) is 0 Å². The van der Waals surface area contributed by atoms with Crippen LogP contribution < -0.4 is 0 Å². The highest BCUT2D eigenvalue weighted by molar-refractivity contribution is 5.22. The Bertz CT molecular complexity index is 537. The molecule has 24 heavy (non-hydrogen) atoms. The maximum Gasteiger partial charge on any atom is 0.145 e. The second-order valence-electron chi connectivity index (χ2n) is 10.1. The Labute approximate surface area is 144 Å². The molecule has 0 bridgehead atoms. The van der Waals surface area contributed by atoms with Crippen LogP contribution in [0.25, 0.3) is 0 Å². The predicted molar refractivity (Wildman–Crippen MR) is 90.1 cm³/mol. The third-order valence-corrected chi connectivity index (χ3v) is 9.27. The summed E-state index contributed by atoms with van der Waals surface area (Å²) in [7, 11) is 0. The van der Waals surface area contributed by atoms with Crippen molar-refractivity contribution in [1.29, 1.82) is 0 Å². The second-order valence-corrected chi connectivity index (χ2v) is 10.1. The second kappa shape index (κ2) is 4.95. The summed E-state index contributed by atoms with van der Waals surface area (Å²) in [5.41, 5.74) is -3.35. The maximum atomic E-state index is 16.7. The van der Waals surface area contributed by atoms with Crippen LogP contribution in [0.4, 0.5) is 4.39 Å². The van der Waals surface area contributed by atoms with Crippen molar-refractivity contribution in [3.63, 3.8) is 0 Å². The lowest BCUT2D eigenvalue weighted by molar-refractivity contribution is -0.260. The summed E-state index contributed by atoms with van der Waals surface area (Å²) in [6.07, 6.45) is 4.24. The Morgan fingerprint density at radius 2 is 1.58 bits per heavy atom. The molecule has 4 saturated carbocycles. The number of fused-ring (bicyclic) bond motifs is 5. The number of aliphatic hydroxyl groups is 3. The minimum Gasteiger partial charge on any atom is -0.393 e. The molecule has 9 atom stereocenters. The van der Waals surface area contributed by atoms with E-state index in [1.807, 2.05) is 13.8 Å². The Hall–Kier alpha value is -0.190. The van der Waals surface area contributed by atoms with E-state index >= 15 is 4.39 Å². The van der Waals surface area contributed by atoms with E-state index in [9.17, 15) is 15.3 Å². The Morgan fingerprint density at radius 1 is 0.875 bits per heavy atom. The van der Waals surface area contributed by atoms with Gasteiger partial charge in [0.2, 0.25) is 0 Å². The first-order valence-electron chi connectivity index (χ1n) is 9.84. The van der Waals surface area contributed by atoms with E-state index in [0.717, 1.165) is 19.3 Å². The zero-order valence-corrected chi connectivity index (χ0v) is 15.3. The molecule has 138 valence electrons. The van der Waals surface area contributed by atoms with E-state index in [2.05, 4.69) is 6.92 Å². The van der Waals surface area contributed by atoms with E-state index in [0.29, 0.717) is 32.1 Å². The number of alkyl halides is 1. The van der Waals surface area contributed by atoms with Crippen LogP contribution >= 0.6 is 0 Å².